The van der Waals surface area contributed by atoms with Gasteiger partial charge in [-0.2, -0.15) is 0 Å². The van der Waals surface area contributed by atoms with Gasteiger partial charge in [-0.25, -0.2) is 0 Å². The Balaban J connectivity index is 0.00000161. The Bertz CT molecular complexity index is 510. The molecule has 3 aliphatic heterocycles. The van der Waals surface area contributed by atoms with E-state index in [1.54, 1.807) is 0 Å². The summed E-state index contributed by atoms with van der Waals surface area (Å²) in [6, 6.07) is 6.17. The first kappa shape index (κ1) is 16.3. The van der Waals surface area contributed by atoms with Crippen LogP contribution in [-0.4, -0.2) is 61.1 Å². The maximum absolute atomic E-state index is 12.4. The van der Waals surface area contributed by atoms with E-state index in [0.717, 1.165) is 55.0 Å². The molecule has 1 amide bonds. The fourth-order valence-corrected chi connectivity index (χ4v) is 3.42. The van der Waals surface area contributed by atoms with E-state index in [4.69, 9.17) is 0 Å². The number of aryl methyl sites for hydroxylation is 2. The lowest BCUT2D eigenvalue weighted by molar-refractivity contribution is -0.933. The van der Waals surface area contributed by atoms with E-state index in [-0.39, 0.29) is 18.3 Å². The highest BCUT2D eigenvalue weighted by molar-refractivity contribution is 5.92. The fourth-order valence-electron chi connectivity index (χ4n) is 3.42. The third kappa shape index (κ3) is 3.57. The second-order valence-electron chi connectivity index (χ2n) is 6.38. The summed E-state index contributed by atoms with van der Waals surface area (Å²) in [6.45, 7) is 11.6. The zero-order valence-corrected chi connectivity index (χ0v) is 13.6. The maximum Gasteiger partial charge on any atom is 0.279 e. The summed E-state index contributed by atoms with van der Waals surface area (Å²) < 4.78 is 0.979. The molecule has 4 nitrogen and oxygen atoms in total. The molecule has 0 unspecified atom stereocenters. The molecule has 3 saturated heterocycles. The van der Waals surface area contributed by atoms with Crippen molar-refractivity contribution in [2.75, 3.05) is 51.1 Å². The number of fused-ring (bicyclic) bond motifs is 3. The van der Waals surface area contributed by atoms with Crippen molar-refractivity contribution in [3.05, 3.63) is 29.3 Å². The van der Waals surface area contributed by atoms with E-state index in [1.165, 1.54) is 5.56 Å². The van der Waals surface area contributed by atoms with Gasteiger partial charge in [0.05, 0.1) is 19.6 Å². The van der Waals surface area contributed by atoms with E-state index >= 15 is 0 Å². The summed E-state index contributed by atoms with van der Waals surface area (Å²) in [6.07, 6.45) is 0. The SMILES string of the molecule is Cc1ccc(NC(=O)C[N+]23CCN(CC2)CC3)c(C)c1.[Cl-]. The molecule has 116 valence electrons. The predicted octanol–water partition coefficient (Wildman–Crippen LogP) is -1.61. The average Bonchev–Trinajstić information content (AvgIpc) is 2.43. The lowest BCUT2D eigenvalue weighted by atomic mass is 10.1. The van der Waals surface area contributed by atoms with Crippen LogP contribution in [0.2, 0.25) is 0 Å². The van der Waals surface area contributed by atoms with Gasteiger partial charge in [0.2, 0.25) is 0 Å². The van der Waals surface area contributed by atoms with Crippen LogP contribution in [0.4, 0.5) is 5.69 Å². The van der Waals surface area contributed by atoms with Crippen molar-refractivity contribution in [1.29, 1.82) is 0 Å². The molecule has 3 fully saturated rings. The lowest BCUT2D eigenvalue weighted by Gasteiger charge is -2.50. The Kier molecular flexibility index (Phi) is 4.91. The minimum atomic E-state index is 0. The molecule has 4 rings (SSSR count). The number of piperazine rings is 3. The van der Waals surface area contributed by atoms with Crippen LogP contribution >= 0.6 is 0 Å². The molecule has 0 aromatic heterocycles. The highest BCUT2D eigenvalue weighted by Gasteiger charge is 2.39. The summed E-state index contributed by atoms with van der Waals surface area (Å²) in [5.41, 5.74) is 3.32. The first-order chi connectivity index (χ1) is 9.56. The Hall–Kier alpha value is -1.10. The van der Waals surface area contributed by atoms with Crippen molar-refractivity contribution in [3.8, 4) is 0 Å². The van der Waals surface area contributed by atoms with Gasteiger partial charge in [-0.15, -0.1) is 0 Å². The third-order valence-corrected chi connectivity index (χ3v) is 4.81. The van der Waals surface area contributed by atoms with E-state index in [0.29, 0.717) is 6.54 Å². The van der Waals surface area contributed by atoms with Crippen LogP contribution in [0.25, 0.3) is 0 Å². The average molecular weight is 310 g/mol. The number of amides is 1. The van der Waals surface area contributed by atoms with Crippen LogP contribution < -0.4 is 17.7 Å². The summed E-state index contributed by atoms with van der Waals surface area (Å²) >= 11 is 0. The number of hydrogen-bond donors (Lipinski definition) is 1. The van der Waals surface area contributed by atoms with Crippen LogP contribution in [-0.2, 0) is 4.79 Å². The minimum Gasteiger partial charge on any atom is -1.00 e. The van der Waals surface area contributed by atoms with Crippen molar-refractivity contribution in [1.82, 2.24) is 4.90 Å². The Morgan fingerprint density at radius 2 is 1.81 bits per heavy atom. The standard InChI is InChI=1S/C16H23N3O.ClH/c1-13-3-4-15(14(2)11-13)17-16(20)12-19-8-5-18(6-9-19)7-10-19;/h3-4,11H,5-10,12H2,1-2H3;1H. The van der Waals surface area contributed by atoms with Gasteiger partial charge in [-0.1, -0.05) is 17.7 Å². The van der Waals surface area contributed by atoms with Gasteiger partial charge in [0.25, 0.3) is 5.91 Å². The number of rotatable bonds is 3. The molecule has 1 N–H and O–H groups in total. The number of halogens is 1. The monoisotopic (exact) mass is 309 g/mol. The second kappa shape index (κ2) is 6.34. The first-order valence-electron chi connectivity index (χ1n) is 7.51. The maximum atomic E-state index is 12.4. The Labute approximate surface area is 133 Å². The fraction of sp³-hybridized carbons (Fsp3) is 0.562. The van der Waals surface area contributed by atoms with Crippen molar-refractivity contribution >= 4 is 11.6 Å². The normalized spacial score (nSPS) is 27.0. The molecular formula is C16H24ClN3O. The van der Waals surface area contributed by atoms with Crippen molar-refractivity contribution in [3.63, 3.8) is 0 Å². The predicted molar refractivity (Wildman–Crippen MR) is 80.7 cm³/mol. The van der Waals surface area contributed by atoms with Gasteiger partial charge in [0.1, 0.15) is 0 Å². The van der Waals surface area contributed by atoms with E-state index < -0.39 is 0 Å². The summed E-state index contributed by atoms with van der Waals surface area (Å²) in [4.78, 5) is 14.9. The topological polar surface area (TPSA) is 32.3 Å². The summed E-state index contributed by atoms with van der Waals surface area (Å²) in [5.74, 6) is 0.160. The van der Waals surface area contributed by atoms with Crippen LogP contribution in [0.5, 0.6) is 0 Å². The number of quaternary nitrogens is 1. The van der Waals surface area contributed by atoms with Crippen molar-refractivity contribution in [2.24, 2.45) is 0 Å². The van der Waals surface area contributed by atoms with E-state index in [2.05, 4.69) is 36.2 Å². The molecule has 21 heavy (non-hydrogen) atoms. The third-order valence-electron chi connectivity index (χ3n) is 4.81. The molecule has 5 heteroatoms. The number of hydrogen-bond acceptors (Lipinski definition) is 2. The van der Waals surface area contributed by atoms with Crippen LogP contribution in [0.3, 0.4) is 0 Å². The van der Waals surface area contributed by atoms with Crippen molar-refractivity contribution in [2.45, 2.75) is 13.8 Å². The summed E-state index contributed by atoms with van der Waals surface area (Å²) in [5, 5.41) is 3.09. The molecule has 0 spiro atoms. The van der Waals surface area contributed by atoms with Gasteiger partial charge in [-0.3, -0.25) is 9.69 Å². The lowest BCUT2D eigenvalue weighted by Crippen LogP contribution is -3.00. The second-order valence-corrected chi connectivity index (χ2v) is 6.38. The highest BCUT2D eigenvalue weighted by Crippen LogP contribution is 2.20. The smallest absolute Gasteiger partial charge is 0.279 e. The quantitative estimate of drug-likeness (QED) is 0.682. The molecule has 2 bridgehead atoms. The first-order valence-corrected chi connectivity index (χ1v) is 7.51. The van der Waals surface area contributed by atoms with Gasteiger partial charge in [0, 0.05) is 25.3 Å². The number of nitrogens with one attached hydrogen (secondary N) is 1. The molecule has 1 aromatic rings. The number of benzene rings is 1. The zero-order chi connectivity index (χ0) is 14.2. The van der Waals surface area contributed by atoms with Gasteiger partial charge >= 0.3 is 0 Å². The largest absolute Gasteiger partial charge is 1.00 e. The minimum absolute atomic E-state index is 0. The highest BCUT2D eigenvalue weighted by atomic mass is 35.5. The molecule has 0 aliphatic carbocycles. The Morgan fingerprint density at radius 1 is 1.19 bits per heavy atom. The van der Waals surface area contributed by atoms with Crippen LogP contribution in [0, 0.1) is 13.8 Å². The van der Waals surface area contributed by atoms with Crippen LogP contribution in [0.1, 0.15) is 11.1 Å². The molecule has 3 aliphatic rings. The zero-order valence-electron chi connectivity index (χ0n) is 12.9. The molecule has 1 aromatic carbocycles. The van der Waals surface area contributed by atoms with Gasteiger partial charge in [0.15, 0.2) is 6.54 Å². The molecule has 3 heterocycles. The molecule has 0 radical (unpaired) electrons. The van der Waals surface area contributed by atoms with E-state index in [1.807, 2.05) is 6.07 Å². The van der Waals surface area contributed by atoms with Crippen molar-refractivity contribution < 1.29 is 21.7 Å². The Morgan fingerprint density at radius 3 is 2.38 bits per heavy atom. The molecule has 0 atom stereocenters. The summed E-state index contributed by atoms with van der Waals surface area (Å²) in [7, 11) is 0. The van der Waals surface area contributed by atoms with Crippen LogP contribution in [0.15, 0.2) is 18.2 Å². The van der Waals surface area contributed by atoms with Gasteiger partial charge < -0.3 is 22.2 Å². The number of anilines is 1. The molecule has 0 saturated carbocycles. The molecular weight excluding hydrogens is 286 g/mol. The number of carbonyl (C=O) groups excluding carboxylic acids is 1. The van der Waals surface area contributed by atoms with Gasteiger partial charge in [-0.05, 0) is 25.5 Å². The number of nitrogens with zero attached hydrogens (tertiary/aromatic N) is 2. The number of carbonyl (C=O) groups is 1. The van der Waals surface area contributed by atoms with E-state index in [9.17, 15) is 4.79 Å².